The molecule has 8 nitrogen and oxygen atoms in total. The van der Waals surface area contributed by atoms with Crippen molar-refractivity contribution >= 4 is 33.7 Å². The van der Waals surface area contributed by atoms with Crippen LogP contribution in [0.1, 0.15) is 33.3 Å². The number of thiol groups is 1. The van der Waals surface area contributed by atoms with Crippen molar-refractivity contribution in [3.05, 3.63) is 58.0 Å². The van der Waals surface area contributed by atoms with Gasteiger partial charge in [0.15, 0.2) is 0 Å². The molecule has 0 bridgehead atoms. The Kier molecular flexibility index (Phi) is 7.67. The summed E-state index contributed by atoms with van der Waals surface area (Å²) < 4.78 is 78.2. The molecule has 3 heterocycles. The Balaban J connectivity index is 1.69. The normalized spacial score (nSPS) is 22.3. The fourth-order valence-electron chi connectivity index (χ4n) is 5.41. The molecule has 1 unspecified atom stereocenters. The number of carbonyl (C=O) groups is 1. The van der Waals surface area contributed by atoms with Crippen molar-refractivity contribution in [1.29, 1.82) is 0 Å². The molecule has 2 aliphatic rings. The topological polar surface area (TPSA) is 87.9 Å². The van der Waals surface area contributed by atoms with E-state index in [1.807, 2.05) is 0 Å². The van der Waals surface area contributed by atoms with Crippen LogP contribution in [-0.2, 0) is 17.5 Å². The first kappa shape index (κ1) is 30.1. The summed E-state index contributed by atoms with van der Waals surface area (Å²) in [6.45, 7) is 7.20. The highest BCUT2D eigenvalue weighted by molar-refractivity contribution is 8.17. The molecule has 1 saturated heterocycles. The van der Waals surface area contributed by atoms with Gasteiger partial charge in [-0.05, 0) is 52.0 Å². The number of alkyl halides is 3. The van der Waals surface area contributed by atoms with E-state index >= 15 is 4.39 Å². The van der Waals surface area contributed by atoms with Crippen molar-refractivity contribution in [2.75, 3.05) is 30.3 Å². The van der Waals surface area contributed by atoms with Gasteiger partial charge in [0.25, 0.3) is 0 Å². The van der Waals surface area contributed by atoms with Crippen molar-refractivity contribution in [1.82, 2.24) is 14.5 Å². The van der Waals surface area contributed by atoms with E-state index in [2.05, 4.69) is 4.98 Å². The van der Waals surface area contributed by atoms with E-state index in [9.17, 15) is 32.3 Å². The number of nitrogens with zero attached hydrogens (tertiary/aromatic N) is 4. The molecule has 14 heteroatoms. The second kappa shape index (κ2) is 10.7. The Morgan fingerprint density at radius 3 is 2.40 bits per heavy atom. The molecule has 1 N–H and O–H groups in total. The number of hydrogen-bond donors (Lipinski definition) is 2. The lowest BCUT2D eigenvalue weighted by atomic mass is 10.1. The minimum absolute atomic E-state index is 0.000793. The van der Waals surface area contributed by atoms with Crippen LogP contribution in [0.25, 0.3) is 10.9 Å². The molecule has 1 fully saturated rings. The highest BCUT2D eigenvalue weighted by Gasteiger charge is 2.37. The first-order chi connectivity index (χ1) is 19.5. The molecule has 0 aliphatic carbocycles. The van der Waals surface area contributed by atoms with Crippen molar-refractivity contribution in [3.63, 3.8) is 0 Å². The minimum atomic E-state index is -4.79. The third kappa shape index (κ3) is 5.78. The minimum Gasteiger partial charge on any atom is -0.444 e. The highest BCUT2D eigenvalue weighted by atomic mass is 32.2. The number of carbonyl (C=O) groups excluding carboxylic acids is 1. The Morgan fingerprint density at radius 1 is 1.07 bits per heavy atom. The number of anilines is 1. The maximum atomic E-state index is 15.0. The average molecular weight is 615 g/mol. The summed E-state index contributed by atoms with van der Waals surface area (Å²) in [5.41, 5.74) is -2.41. The lowest BCUT2D eigenvalue weighted by molar-refractivity contribution is -0.137. The highest BCUT2D eigenvalue weighted by Crippen LogP contribution is 2.52. The van der Waals surface area contributed by atoms with Crippen LogP contribution in [-0.4, -0.2) is 68.8 Å². The molecule has 3 aromatic rings. The van der Waals surface area contributed by atoms with Gasteiger partial charge in [0.1, 0.15) is 23.1 Å². The van der Waals surface area contributed by atoms with Crippen molar-refractivity contribution in [2.45, 2.75) is 68.0 Å². The molecule has 0 spiro atoms. The van der Waals surface area contributed by atoms with Gasteiger partial charge in [-0.1, -0.05) is 0 Å². The quantitative estimate of drug-likeness (QED) is 0.315. The standard InChI is InChI=1S/C28H31F5N4O4S/c1-15-12-35(26(40)41-27(2,3)4)7-8-36(15)24-19-9-16(28(31,32)33)10-22-23(19)37(25(39)34-24)13-18(38)14-42(22)21-6-5-17(29)11-20(21)30/h5-6,9-11,15,18,38,42H,7-8,12-14H2,1-4H3/t15-,18-/m0/s1. The summed E-state index contributed by atoms with van der Waals surface area (Å²) in [5, 5.41) is 10.8. The molecule has 2 aliphatic heterocycles. The molecule has 228 valence electrons. The zero-order chi connectivity index (χ0) is 30.7. The lowest BCUT2D eigenvalue weighted by Crippen LogP contribution is -2.55. The number of halogens is 5. The van der Waals surface area contributed by atoms with Gasteiger partial charge in [-0.2, -0.15) is 29.1 Å². The van der Waals surface area contributed by atoms with Gasteiger partial charge in [-0.3, -0.25) is 4.57 Å². The predicted molar refractivity (Wildman–Crippen MR) is 148 cm³/mol. The molecule has 3 atom stereocenters. The first-order valence-electron chi connectivity index (χ1n) is 13.3. The molecule has 1 amide bonds. The zero-order valence-corrected chi connectivity index (χ0v) is 24.3. The van der Waals surface area contributed by atoms with Crippen LogP contribution in [0.2, 0.25) is 0 Å². The molecular formula is C28H31F5N4O4S. The number of amides is 1. The Labute approximate surface area is 241 Å². The zero-order valence-electron chi connectivity index (χ0n) is 23.4. The fraction of sp³-hybridized carbons (Fsp3) is 0.464. The SMILES string of the molecule is C[C@H]1CN(C(=O)OC(C)(C)C)CCN1c1nc(=O)n2c3c(cc(C(F)(F)F)cc13)[SH](c1ccc(F)cc1F)C[C@@H](O)C2. The molecule has 1 aromatic heterocycles. The van der Waals surface area contributed by atoms with Crippen LogP contribution in [0.4, 0.5) is 32.6 Å². The maximum Gasteiger partial charge on any atom is 0.416 e. The van der Waals surface area contributed by atoms with E-state index in [1.54, 1.807) is 32.6 Å². The number of rotatable bonds is 2. The van der Waals surface area contributed by atoms with Crippen molar-refractivity contribution < 1.29 is 36.6 Å². The van der Waals surface area contributed by atoms with E-state index in [1.165, 1.54) is 11.0 Å². The molecule has 5 rings (SSSR count). The summed E-state index contributed by atoms with van der Waals surface area (Å²) in [7, 11) is -1.98. The Hall–Kier alpha value is -3.39. The smallest absolute Gasteiger partial charge is 0.416 e. The molecule has 0 saturated carbocycles. The molecule has 2 aromatic carbocycles. The monoisotopic (exact) mass is 614 g/mol. The predicted octanol–water partition coefficient (Wildman–Crippen LogP) is 4.93. The second-order valence-electron chi connectivity index (χ2n) is 11.5. The molecule has 42 heavy (non-hydrogen) atoms. The van der Waals surface area contributed by atoms with Gasteiger partial charge in [-0.15, -0.1) is 0 Å². The fourth-order valence-corrected chi connectivity index (χ4v) is 7.97. The summed E-state index contributed by atoms with van der Waals surface area (Å²) in [5.74, 6) is -1.94. The Bertz CT molecular complexity index is 1610. The van der Waals surface area contributed by atoms with Gasteiger partial charge in [0.05, 0.1) is 23.7 Å². The largest absolute Gasteiger partial charge is 0.444 e. The maximum absolute atomic E-state index is 15.0. The van der Waals surface area contributed by atoms with Crippen molar-refractivity contribution in [2.24, 2.45) is 0 Å². The third-order valence-electron chi connectivity index (χ3n) is 7.19. The van der Waals surface area contributed by atoms with Gasteiger partial charge in [-0.25, -0.2) is 18.4 Å². The number of aliphatic hydroxyl groups excluding tert-OH is 1. The summed E-state index contributed by atoms with van der Waals surface area (Å²) in [6.07, 6.45) is -6.53. The van der Waals surface area contributed by atoms with Gasteiger partial charge < -0.3 is 19.6 Å². The molecule has 0 radical (unpaired) electrons. The first-order valence-corrected chi connectivity index (χ1v) is 14.9. The van der Waals surface area contributed by atoms with Gasteiger partial charge in [0.2, 0.25) is 0 Å². The van der Waals surface area contributed by atoms with Crippen LogP contribution >= 0.6 is 10.9 Å². The number of aliphatic hydroxyl groups is 1. The van der Waals surface area contributed by atoms with E-state index in [0.717, 1.165) is 22.8 Å². The van der Waals surface area contributed by atoms with Gasteiger partial charge >= 0.3 is 18.0 Å². The van der Waals surface area contributed by atoms with Gasteiger partial charge in [0, 0.05) is 52.7 Å². The number of aromatic nitrogens is 2. The van der Waals surface area contributed by atoms with E-state index in [4.69, 9.17) is 4.74 Å². The van der Waals surface area contributed by atoms with E-state index < -0.39 is 63.8 Å². The van der Waals surface area contributed by atoms with Crippen LogP contribution in [0.15, 0.2) is 44.9 Å². The number of benzene rings is 2. The summed E-state index contributed by atoms with van der Waals surface area (Å²) in [4.78, 5) is 33.4. The number of ether oxygens (including phenoxy) is 1. The van der Waals surface area contributed by atoms with Crippen LogP contribution in [0, 0.1) is 11.6 Å². The molecular weight excluding hydrogens is 583 g/mol. The van der Waals surface area contributed by atoms with Crippen LogP contribution in [0.5, 0.6) is 0 Å². The van der Waals surface area contributed by atoms with Crippen molar-refractivity contribution in [3.8, 4) is 0 Å². The Morgan fingerprint density at radius 2 is 1.79 bits per heavy atom. The van der Waals surface area contributed by atoms with Crippen LogP contribution < -0.4 is 10.6 Å². The van der Waals surface area contributed by atoms with E-state index in [-0.39, 0.29) is 58.4 Å². The average Bonchev–Trinajstić information content (AvgIpc) is 3.01. The number of hydrogen-bond acceptors (Lipinski definition) is 6. The second-order valence-corrected chi connectivity index (χ2v) is 13.7. The van der Waals surface area contributed by atoms with E-state index in [0.29, 0.717) is 6.07 Å². The summed E-state index contributed by atoms with van der Waals surface area (Å²) in [6, 6.07) is 4.18. The van der Waals surface area contributed by atoms with Crippen LogP contribution in [0.3, 0.4) is 0 Å². The number of piperazine rings is 1. The third-order valence-corrected chi connectivity index (χ3v) is 9.84. The lowest BCUT2D eigenvalue weighted by Gasteiger charge is -2.41. The summed E-state index contributed by atoms with van der Waals surface area (Å²) >= 11 is 0.